The van der Waals surface area contributed by atoms with Crippen molar-refractivity contribution >= 4 is 5.97 Å². The SMILES string of the molecule is COc1ccc(C(CC(=O)O)c2nc(CCCc3ccc4c(n3)CCCC4)co2)cc1F. The second-order valence-electron chi connectivity index (χ2n) is 8.19. The van der Waals surface area contributed by atoms with Crippen molar-refractivity contribution in [2.24, 2.45) is 0 Å². The van der Waals surface area contributed by atoms with E-state index in [0.717, 1.165) is 37.1 Å². The van der Waals surface area contributed by atoms with Gasteiger partial charge in [-0.05, 0) is 74.3 Å². The van der Waals surface area contributed by atoms with Crippen molar-refractivity contribution in [1.29, 1.82) is 0 Å². The molecule has 7 heteroatoms. The Morgan fingerprint density at radius 3 is 2.75 bits per heavy atom. The molecule has 0 bridgehead atoms. The molecule has 0 saturated heterocycles. The molecule has 1 unspecified atom stereocenters. The highest BCUT2D eigenvalue weighted by molar-refractivity contribution is 5.68. The van der Waals surface area contributed by atoms with E-state index in [2.05, 4.69) is 17.1 Å². The van der Waals surface area contributed by atoms with Gasteiger partial charge in [0.1, 0.15) is 6.26 Å². The summed E-state index contributed by atoms with van der Waals surface area (Å²) < 4.78 is 24.7. The number of nitrogens with zero attached hydrogens (tertiary/aromatic N) is 2. The molecule has 0 spiro atoms. The van der Waals surface area contributed by atoms with Gasteiger partial charge in [0.25, 0.3) is 0 Å². The van der Waals surface area contributed by atoms with Gasteiger partial charge >= 0.3 is 5.97 Å². The van der Waals surface area contributed by atoms with Crippen molar-refractivity contribution in [3.63, 3.8) is 0 Å². The number of oxazole rings is 1. The zero-order chi connectivity index (χ0) is 22.5. The number of ether oxygens (including phenoxy) is 1. The lowest BCUT2D eigenvalue weighted by Crippen LogP contribution is -2.09. The Hall–Kier alpha value is -3.22. The normalized spacial score (nSPS) is 14.1. The summed E-state index contributed by atoms with van der Waals surface area (Å²) in [6.45, 7) is 0. The molecule has 0 aliphatic heterocycles. The lowest BCUT2D eigenvalue weighted by atomic mass is 9.95. The maximum Gasteiger partial charge on any atom is 0.304 e. The zero-order valence-corrected chi connectivity index (χ0v) is 18.1. The molecular formula is C25H27FN2O4. The smallest absolute Gasteiger partial charge is 0.304 e. The summed E-state index contributed by atoms with van der Waals surface area (Å²) in [6.07, 6.45) is 8.35. The summed E-state index contributed by atoms with van der Waals surface area (Å²) in [6, 6.07) is 8.71. The van der Waals surface area contributed by atoms with Gasteiger partial charge in [-0.3, -0.25) is 9.78 Å². The molecule has 32 heavy (non-hydrogen) atoms. The Morgan fingerprint density at radius 2 is 1.97 bits per heavy atom. The topological polar surface area (TPSA) is 85.5 Å². The number of carbonyl (C=O) groups is 1. The third-order valence-electron chi connectivity index (χ3n) is 5.93. The van der Waals surface area contributed by atoms with Gasteiger partial charge in [-0.1, -0.05) is 12.1 Å². The number of aliphatic carboxylic acids is 1. The highest BCUT2D eigenvalue weighted by Gasteiger charge is 2.24. The molecule has 4 rings (SSSR count). The molecule has 3 aromatic rings. The molecule has 2 heterocycles. The molecule has 1 aliphatic rings. The minimum absolute atomic E-state index is 0.103. The second kappa shape index (κ2) is 9.94. The predicted molar refractivity (Wildman–Crippen MR) is 116 cm³/mol. The molecule has 0 amide bonds. The van der Waals surface area contributed by atoms with Crippen LogP contribution >= 0.6 is 0 Å². The van der Waals surface area contributed by atoms with Crippen molar-refractivity contribution in [3.8, 4) is 5.75 Å². The molecule has 0 fully saturated rings. The van der Waals surface area contributed by atoms with Crippen LogP contribution in [0.15, 0.2) is 41.0 Å². The van der Waals surface area contributed by atoms with E-state index in [4.69, 9.17) is 14.1 Å². The van der Waals surface area contributed by atoms with E-state index in [9.17, 15) is 14.3 Å². The van der Waals surface area contributed by atoms with Crippen LogP contribution < -0.4 is 4.74 Å². The van der Waals surface area contributed by atoms with Crippen LogP contribution in [0.2, 0.25) is 0 Å². The third kappa shape index (κ3) is 5.15. The number of carboxylic acids is 1. The van der Waals surface area contributed by atoms with Crippen LogP contribution in [-0.4, -0.2) is 28.2 Å². The molecule has 1 aromatic carbocycles. The minimum Gasteiger partial charge on any atom is -0.494 e. The maximum absolute atomic E-state index is 14.2. The van der Waals surface area contributed by atoms with E-state index in [1.54, 1.807) is 12.3 Å². The Balaban J connectivity index is 1.42. The van der Waals surface area contributed by atoms with Crippen LogP contribution in [0.25, 0.3) is 0 Å². The van der Waals surface area contributed by atoms with Crippen LogP contribution in [0.5, 0.6) is 5.75 Å². The molecule has 1 N–H and O–H groups in total. The first kappa shape index (κ1) is 22.0. The highest BCUT2D eigenvalue weighted by atomic mass is 19.1. The predicted octanol–water partition coefficient (Wildman–Crippen LogP) is 4.88. The quantitative estimate of drug-likeness (QED) is 0.513. The van der Waals surface area contributed by atoms with Crippen LogP contribution in [0.4, 0.5) is 4.39 Å². The first-order valence-electron chi connectivity index (χ1n) is 11.0. The van der Waals surface area contributed by atoms with Gasteiger partial charge < -0.3 is 14.3 Å². The third-order valence-corrected chi connectivity index (χ3v) is 5.93. The summed E-state index contributed by atoms with van der Waals surface area (Å²) in [5.41, 5.74) is 4.94. The van der Waals surface area contributed by atoms with E-state index in [1.807, 2.05) is 0 Å². The van der Waals surface area contributed by atoms with Crippen molar-refractivity contribution in [2.75, 3.05) is 7.11 Å². The van der Waals surface area contributed by atoms with Gasteiger partial charge in [-0.2, -0.15) is 0 Å². The Bertz CT molecular complexity index is 1100. The van der Waals surface area contributed by atoms with Crippen LogP contribution in [-0.2, 0) is 30.5 Å². The van der Waals surface area contributed by atoms with E-state index in [1.165, 1.54) is 43.3 Å². The summed E-state index contributed by atoms with van der Waals surface area (Å²) in [4.78, 5) is 20.7. The number of aromatic nitrogens is 2. The van der Waals surface area contributed by atoms with Crippen LogP contribution in [0, 0.1) is 5.82 Å². The van der Waals surface area contributed by atoms with Gasteiger partial charge in [0, 0.05) is 11.4 Å². The number of carboxylic acid groups (broad SMARTS) is 1. The number of methoxy groups -OCH3 is 1. The summed E-state index contributed by atoms with van der Waals surface area (Å²) >= 11 is 0. The number of rotatable bonds is 9. The fraction of sp³-hybridized carbons (Fsp3) is 0.400. The molecule has 1 aliphatic carbocycles. The fourth-order valence-electron chi connectivity index (χ4n) is 4.24. The van der Waals surface area contributed by atoms with Gasteiger partial charge in [-0.25, -0.2) is 9.37 Å². The zero-order valence-electron chi connectivity index (χ0n) is 18.1. The number of hydrogen-bond acceptors (Lipinski definition) is 5. The average Bonchev–Trinajstić information content (AvgIpc) is 3.26. The van der Waals surface area contributed by atoms with E-state index < -0.39 is 17.7 Å². The standard InChI is InChI=1S/C25H27FN2O4/c1-31-23-12-10-17(13-21(23)26)20(14-24(29)30)25-28-19(15-32-25)7-4-6-18-11-9-16-5-2-3-8-22(16)27-18/h9-13,15,20H,2-8,14H2,1H3,(H,29,30). The van der Waals surface area contributed by atoms with Crippen molar-refractivity contribution in [3.05, 3.63) is 76.5 Å². The summed E-state index contributed by atoms with van der Waals surface area (Å²) in [5.74, 6) is -1.86. The maximum atomic E-state index is 14.2. The molecule has 0 saturated carbocycles. The number of halogens is 1. The number of benzene rings is 1. The van der Waals surface area contributed by atoms with Crippen molar-refractivity contribution < 1.29 is 23.4 Å². The fourth-order valence-corrected chi connectivity index (χ4v) is 4.24. The molecule has 2 aromatic heterocycles. The number of aryl methyl sites for hydroxylation is 4. The number of hydrogen-bond donors (Lipinski definition) is 1. The minimum atomic E-state index is -1.01. The van der Waals surface area contributed by atoms with Gasteiger partial charge in [-0.15, -0.1) is 0 Å². The number of fused-ring (bicyclic) bond motifs is 1. The van der Waals surface area contributed by atoms with Crippen molar-refractivity contribution in [1.82, 2.24) is 9.97 Å². The number of pyridine rings is 1. The summed E-state index contributed by atoms with van der Waals surface area (Å²) in [5, 5.41) is 9.34. The largest absolute Gasteiger partial charge is 0.494 e. The Labute approximate surface area is 186 Å². The molecule has 6 nitrogen and oxygen atoms in total. The highest BCUT2D eigenvalue weighted by Crippen LogP contribution is 2.31. The molecule has 0 radical (unpaired) electrons. The van der Waals surface area contributed by atoms with Gasteiger partial charge in [0.2, 0.25) is 5.89 Å². The van der Waals surface area contributed by atoms with Crippen LogP contribution in [0.3, 0.4) is 0 Å². The molecule has 168 valence electrons. The van der Waals surface area contributed by atoms with E-state index in [0.29, 0.717) is 12.0 Å². The Morgan fingerprint density at radius 1 is 1.16 bits per heavy atom. The van der Waals surface area contributed by atoms with E-state index >= 15 is 0 Å². The lowest BCUT2D eigenvalue weighted by Gasteiger charge is -2.15. The van der Waals surface area contributed by atoms with Gasteiger partial charge in [0.15, 0.2) is 11.6 Å². The first-order valence-corrected chi connectivity index (χ1v) is 11.0. The monoisotopic (exact) mass is 438 g/mol. The molecule has 1 atom stereocenters. The first-order chi connectivity index (χ1) is 15.5. The Kier molecular flexibility index (Phi) is 6.83. The average molecular weight is 438 g/mol. The van der Waals surface area contributed by atoms with E-state index in [-0.39, 0.29) is 18.1 Å². The second-order valence-corrected chi connectivity index (χ2v) is 8.19. The van der Waals surface area contributed by atoms with Gasteiger partial charge in [0.05, 0.1) is 25.1 Å². The van der Waals surface area contributed by atoms with Crippen molar-refractivity contribution in [2.45, 2.75) is 57.3 Å². The summed E-state index contributed by atoms with van der Waals surface area (Å²) in [7, 11) is 1.38. The molecular weight excluding hydrogens is 411 g/mol. The lowest BCUT2D eigenvalue weighted by molar-refractivity contribution is -0.137. The van der Waals surface area contributed by atoms with Crippen LogP contribution in [0.1, 0.15) is 65.7 Å².